The fourth-order valence-corrected chi connectivity index (χ4v) is 4.12. The maximum absolute atomic E-state index is 11.5. The molecule has 136 valence electrons. The van der Waals surface area contributed by atoms with E-state index in [-0.39, 0.29) is 5.91 Å². The summed E-state index contributed by atoms with van der Waals surface area (Å²) in [7, 11) is 1.60. The molecule has 1 fully saturated rings. The van der Waals surface area contributed by atoms with E-state index in [0.717, 1.165) is 47.7 Å². The van der Waals surface area contributed by atoms with E-state index >= 15 is 0 Å². The highest BCUT2D eigenvalue weighted by Crippen LogP contribution is 2.29. The van der Waals surface area contributed by atoms with Crippen LogP contribution < -0.4 is 15.5 Å². The van der Waals surface area contributed by atoms with Gasteiger partial charge >= 0.3 is 0 Å². The lowest BCUT2D eigenvalue weighted by Crippen LogP contribution is -2.42. The third-order valence-electron chi connectivity index (χ3n) is 4.70. The van der Waals surface area contributed by atoms with Crippen LogP contribution in [0.5, 0.6) is 0 Å². The number of hydrogen-bond donors (Lipinski definition) is 2. The number of carbonyl (C=O) groups is 1. The van der Waals surface area contributed by atoms with Crippen molar-refractivity contribution >= 4 is 33.3 Å². The van der Waals surface area contributed by atoms with Gasteiger partial charge in [0, 0.05) is 26.2 Å². The Bertz CT molecular complexity index is 898. The molecule has 2 N–H and O–H groups in total. The Morgan fingerprint density at radius 3 is 2.96 bits per heavy atom. The van der Waals surface area contributed by atoms with E-state index < -0.39 is 0 Å². The minimum atomic E-state index is -0.200. The summed E-state index contributed by atoms with van der Waals surface area (Å²) in [6.45, 7) is 2.55. The summed E-state index contributed by atoms with van der Waals surface area (Å²) < 4.78 is 6.72. The molecule has 4 rings (SSSR count). The SMILES string of the molecule is CNC(=O)c1ccc(CNC2CCN(c3ncnc4ccsc34)CC2)o1. The zero-order valence-corrected chi connectivity index (χ0v) is 15.4. The zero-order chi connectivity index (χ0) is 17.9. The standard InChI is InChI=1S/C18H21N5O2S/c1-19-18(24)15-3-2-13(25-15)10-20-12-4-7-23(8-5-12)17-16-14(6-9-26-16)21-11-22-17/h2-3,6,9,11-12,20H,4-5,7-8,10H2,1H3,(H,19,24). The van der Waals surface area contributed by atoms with Gasteiger partial charge in [-0.1, -0.05) is 0 Å². The predicted molar refractivity (Wildman–Crippen MR) is 102 cm³/mol. The molecule has 26 heavy (non-hydrogen) atoms. The molecule has 3 aromatic rings. The monoisotopic (exact) mass is 371 g/mol. The number of hydrogen-bond acceptors (Lipinski definition) is 7. The molecule has 0 unspecified atom stereocenters. The molecule has 0 aliphatic carbocycles. The molecule has 1 aliphatic heterocycles. The van der Waals surface area contributed by atoms with Crippen LogP contribution in [0, 0.1) is 0 Å². The largest absolute Gasteiger partial charge is 0.455 e. The van der Waals surface area contributed by atoms with Gasteiger partial charge in [-0.15, -0.1) is 11.3 Å². The molecule has 0 saturated carbocycles. The van der Waals surface area contributed by atoms with E-state index in [0.29, 0.717) is 18.3 Å². The van der Waals surface area contributed by atoms with E-state index in [4.69, 9.17) is 4.42 Å². The summed E-state index contributed by atoms with van der Waals surface area (Å²) in [5.74, 6) is 1.98. The van der Waals surface area contributed by atoms with Gasteiger partial charge in [-0.3, -0.25) is 4.79 Å². The number of rotatable bonds is 5. The lowest BCUT2D eigenvalue weighted by molar-refractivity contribution is 0.0933. The number of anilines is 1. The molecule has 3 aromatic heterocycles. The molecule has 0 aromatic carbocycles. The molecule has 8 heteroatoms. The van der Waals surface area contributed by atoms with Crippen LogP contribution in [0.2, 0.25) is 0 Å². The van der Waals surface area contributed by atoms with Crippen LogP contribution in [-0.4, -0.2) is 42.1 Å². The van der Waals surface area contributed by atoms with Crippen LogP contribution in [0.15, 0.2) is 34.3 Å². The summed E-state index contributed by atoms with van der Waals surface area (Å²) in [6.07, 6.45) is 3.73. The van der Waals surface area contributed by atoms with E-state index in [9.17, 15) is 4.79 Å². The highest BCUT2D eigenvalue weighted by Gasteiger charge is 2.22. The van der Waals surface area contributed by atoms with Crippen molar-refractivity contribution in [2.24, 2.45) is 0 Å². The molecule has 1 amide bonds. The number of piperidine rings is 1. The molecule has 0 atom stereocenters. The first-order chi connectivity index (χ1) is 12.7. The van der Waals surface area contributed by atoms with Crippen molar-refractivity contribution < 1.29 is 9.21 Å². The van der Waals surface area contributed by atoms with Crippen LogP contribution in [0.3, 0.4) is 0 Å². The average Bonchev–Trinajstić information content (AvgIpc) is 3.35. The minimum absolute atomic E-state index is 0.200. The number of fused-ring (bicyclic) bond motifs is 1. The molecule has 0 radical (unpaired) electrons. The van der Waals surface area contributed by atoms with Gasteiger partial charge in [0.15, 0.2) is 5.76 Å². The number of aromatic nitrogens is 2. The third-order valence-corrected chi connectivity index (χ3v) is 5.60. The maximum atomic E-state index is 11.5. The second-order valence-electron chi connectivity index (χ2n) is 6.32. The first kappa shape index (κ1) is 17.0. The van der Waals surface area contributed by atoms with E-state index in [2.05, 4.69) is 30.9 Å². The van der Waals surface area contributed by atoms with E-state index in [1.54, 1.807) is 30.8 Å². The fraction of sp³-hybridized carbons (Fsp3) is 0.389. The number of thiophene rings is 1. The van der Waals surface area contributed by atoms with Gasteiger partial charge in [-0.05, 0) is 36.4 Å². The number of furan rings is 1. The van der Waals surface area contributed by atoms with Crippen molar-refractivity contribution in [3.05, 3.63) is 41.4 Å². The van der Waals surface area contributed by atoms with Crippen LogP contribution >= 0.6 is 11.3 Å². The summed E-state index contributed by atoms with van der Waals surface area (Å²) in [5, 5.41) is 8.16. The van der Waals surface area contributed by atoms with Crippen LogP contribution in [0.25, 0.3) is 10.2 Å². The van der Waals surface area contributed by atoms with Crippen molar-refractivity contribution in [1.29, 1.82) is 0 Å². The lowest BCUT2D eigenvalue weighted by Gasteiger charge is -2.33. The summed E-state index contributed by atoms with van der Waals surface area (Å²) in [5.41, 5.74) is 1.02. The van der Waals surface area contributed by atoms with Crippen LogP contribution in [0.4, 0.5) is 5.82 Å². The second-order valence-corrected chi connectivity index (χ2v) is 7.24. The Balaban J connectivity index is 1.32. The van der Waals surface area contributed by atoms with Gasteiger partial charge in [0.2, 0.25) is 0 Å². The predicted octanol–water partition coefficient (Wildman–Crippen LogP) is 2.40. The number of nitrogens with one attached hydrogen (secondary N) is 2. The quantitative estimate of drug-likeness (QED) is 0.717. The molecule has 1 saturated heterocycles. The third kappa shape index (κ3) is 3.42. The molecule has 0 bridgehead atoms. The highest BCUT2D eigenvalue weighted by molar-refractivity contribution is 7.17. The summed E-state index contributed by atoms with van der Waals surface area (Å²) >= 11 is 1.70. The van der Waals surface area contributed by atoms with Gasteiger partial charge in [-0.25, -0.2) is 9.97 Å². The molecule has 0 spiro atoms. The molecule has 7 nitrogen and oxygen atoms in total. The number of nitrogens with zero attached hydrogens (tertiary/aromatic N) is 3. The summed E-state index contributed by atoms with van der Waals surface area (Å²) in [4.78, 5) is 22.7. The molecular formula is C18H21N5O2S. The Hall–Kier alpha value is -2.45. The Kier molecular flexibility index (Phi) is 4.85. The number of carbonyl (C=O) groups excluding carboxylic acids is 1. The number of amides is 1. The average molecular weight is 371 g/mol. The Labute approximate surface area is 155 Å². The maximum Gasteiger partial charge on any atom is 0.286 e. The van der Waals surface area contributed by atoms with E-state index in [1.165, 1.54) is 0 Å². The molecular weight excluding hydrogens is 350 g/mol. The fourth-order valence-electron chi connectivity index (χ4n) is 3.26. The zero-order valence-electron chi connectivity index (χ0n) is 14.6. The van der Waals surface area contributed by atoms with Gasteiger partial charge in [0.05, 0.1) is 16.8 Å². The van der Waals surface area contributed by atoms with Gasteiger partial charge in [0.25, 0.3) is 5.91 Å². The first-order valence-electron chi connectivity index (χ1n) is 8.72. The van der Waals surface area contributed by atoms with Gasteiger partial charge < -0.3 is 20.0 Å². The topological polar surface area (TPSA) is 83.3 Å². The normalized spacial score (nSPS) is 15.5. The van der Waals surface area contributed by atoms with Gasteiger partial charge in [-0.2, -0.15) is 0 Å². The van der Waals surface area contributed by atoms with Crippen molar-refractivity contribution in [1.82, 2.24) is 20.6 Å². The lowest BCUT2D eigenvalue weighted by atomic mass is 10.0. The first-order valence-corrected chi connectivity index (χ1v) is 9.60. The van der Waals surface area contributed by atoms with E-state index in [1.807, 2.05) is 12.1 Å². The highest BCUT2D eigenvalue weighted by atomic mass is 32.1. The second kappa shape index (κ2) is 7.43. The van der Waals surface area contributed by atoms with Crippen LogP contribution in [-0.2, 0) is 6.54 Å². The van der Waals surface area contributed by atoms with Crippen molar-refractivity contribution in [2.45, 2.75) is 25.4 Å². The Morgan fingerprint density at radius 1 is 1.31 bits per heavy atom. The smallest absolute Gasteiger partial charge is 0.286 e. The minimum Gasteiger partial charge on any atom is -0.455 e. The van der Waals surface area contributed by atoms with Crippen LogP contribution in [0.1, 0.15) is 29.2 Å². The Morgan fingerprint density at radius 2 is 2.15 bits per heavy atom. The molecule has 1 aliphatic rings. The van der Waals surface area contributed by atoms with Gasteiger partial charge in [0.1, 0.15) is 17.9 Å². The summed E-state index contributed by atoms with van der Waals surface area (Å²) in [6, 6.07) is 6.03. The van der Waals surface area contributed by atoms with Crippen molar-refractivity contribution in [3.8, 4) is 0 Å². The van der Waals surface area contributed by atoms with Crippen molar-refractivity contribution in [2.75, 3.05) is 25.0 Å². The van der Waals surface area contributed by atoms with Crippen molar-refractivity contribution in [3.63, 3.8) is 0 Å². The molecule has 4 heterocycles.